The number of hydrogen-bond acceptors (Lipinski definition) is 5. The predicted octanol–water partition coefficient (Wildman–Crippen LogP) is 0.245. The molecule has 1 aliphatic heterocycles. The van der Waals surface area contributed by atoms with Gasteiger partial charge in [0.05, 0.1) is 6.54 Å². The summed E-state index contributed by atoms with van der Waals surface area (Å²) < 4.78 is 15.0. The van der Waals surface area contributed by atoms with Gasteiger partial charge in [-0.15, -0.1) is 0 Å². The fraction of sp³-hybridized carbons (Fsp3) is 0.333. The molecule has 1 aliphatic rings. The fourth-order valence-corrected chi connectivity index (χ4v) is 1.60. The molecule has 0 bridgehead atoms. The molecule has 0 saturated carbocycles. The Morgan fingerprint density at radius 3 is 2.84 bits per heavy atom. The van der Waals surface area contributed by atoms with Crippen LogP contribution in [0.2, 0.25) is 0 Å². The van der Waals surface area contributed by atoms with E-state index >= 15 is 0 Å². The Kier molecular flexibility index (Phi) is 3.86. The van der Waals surface area contributed by atoms with E-state index < -0.39 is 18.0 Å². The number of carbonyl (C=O) groups is 2. The Labute approximate surface area is 109 Å². The van der Waals surface area contributed by atoms with Gasteiger partial charge in [-0.2, -0.15) is 0 Å². The molecule has 0 saturated heterocycles. The zero-order valence-corrected chi connectivity index (χ0v) is 10.2. The molecular formula is C12H13NO6. The first-order chi connectivity index (χ1) is 9.11. The Morgan fingerprint density at radius 1 is 1.42 bits per heavy atom. The molecule has 0 spiro atoms. The van der Waals surface area contributed by atoms with E-state index in [9.17, 15) is 9.59 Å². The maximum Gasteiger partial charge on any atom is 0.334 e. The van der Waals surface area contributed by atoms with E-state index in [2.05, 4.69) is 5.32 Å². The highest BCUT2D eigenvalue weighted by Gasteiger charge is 2.19. The summed E-state index contributed by atoms with van der Waals surface area (Å²) >= 11 is 0. The number of rotatable bonds is 5. The summed E-state index contributed by atoms with van der Waals surface area (Å²) in [4.78, 5) is 22.6. The molecule has 2 rings (SSSR count). The Bertz CT molecular complexity index is 501. The molecule has 1 atom stereocenters. The Balaban J connectivity index is 1.98. The average molecular weight is 267 g/mol. The van der Waals surface area contributed by atoms with E-state index in [1.165, 1.54) is 7.11 Å². The lowest BCUT2D eigenvalue weighted by Crippen LogP contribution is -2.37. The van der Waals surface area contributed by atoms with E-state index in [-0.39, 0.29) is 13.3 Å². The molecule has 102 valence electrons. The molecule has 1 aromatic rings. The van der Waals surface area contributed by atoms with Gasteiger partial charge in [0.2, 0.25) is 6.79 Å². The molecule has 7 heteroatoms. The van der Waals surface area contributed by atoms with Crippen molar-refractivity contribution in [1.82, 2.24) is 5.32 Å². The molecule has 0 aliphatic carbocycles. The van der Waals surface area contributed by atoms with Gasteiger partial charge < -0.3 is 24.6 Å². The molecule has 7 nitrogen and oxygen atoms in total. The average Bonchev–Trinajstić information content (AvgIpc) is 2.85. The standard InChI is InChI=1S/C12H13NO6/c1-17-10(12(15)16)5-13-11(14)7-2-3-8-9(4-7)19-6-18-8/h2-4,10H,5-6H2,1H3,(H,13,14)(H,15,16). The van der Waals surface area contributed by atoms with Gasteiger partial charge in [0.1, 0.15) is 0 Å². The molecule has 1 heterocycles. The largest absolute Gasteiger partial charge is 0.479 e. The number of hydrogen-bond donors (Lipinski definition) is 2. The van der Waals surface area contributed by atoms with Crippen molar-refractivity contribution < 1.29 is 28.9 Å². The number of nitrogens with one attached hydrogen (secondary N) is 1. The minimum absolute atomic E-state index is 0.112. The van der Waals surface area contributed by atoms with E-state index in [4.69, 9.17) is 19.3 Å². The number of amides is 1. The van der Waals surface area contributed by atoms with Crippen molar-refractivity contribution >= 4 is 11.9 Å². The minimum atomic E-state index is -1.13. The van der Waals surface area contributed by atoms with Crippen molar-refractivity contribution in [1.29, 1.82) is 0 Å². The molecule has 0 radical (unpaired) electrons. The summed E-state index contributed by atoms with van der Waals surface area (Å²) in [7, 11) is 1.27. The highest BCUT2D eigenvalue weighted by molar-refractivity contribution is 5.95. The smallest absolute Gasteiger partial charge is 0.334 e. The second-order valence-corrected chi connectivity index (χ2v) is 3.84. The highest BCUT2D eigenvalue weighted by atomic mass is 16.7. The summed E-state index contributed by atoms with van der Waals surface area (Å²) in [6.07, 6.45) is -1.07. The number of ether oxygens (including phenoxy) is 3. The van der Waals surface area contributed by atoms with Crippen molar-refractivity contribution in [2.75, 3.05) is 20.4 Å². The van der Waals surface area contributed by atoms with Crippen molar-refractivity contribution in [2.45, 2.75) is 6.10 Å². The molecule has 0 aromatic heterocycles. The van der Waals surface area contributed by atoms with Crippen molar-refractivity contribution in [3.63, 3.8) is 0 Å². The zero-order chi connectivity index (χ0) is 13.8. The fourth-order valence-electron chi connectivity index (χ4n) is 1.60. The highest BCUT2D eigenvalue weighted by Crippen LogP contribution is 2.32. The zero-order valence-electron chi connectivity index (χ0n) is 10.2. The van der Waals surface area contributed by atoms with E-state index in [0.717, 1.165) is 0 Å². The number of aliphatic carboxylic acids is 1. The Morgan fingerprint density at radius 2 is 2.16 bits per heavy atom. The maximum atomic E-state index is 11.8. The third-order valence-electron chi connectivity index (χ3n) is 2.64. The van der Waals surface area contributed by atoms with Gasteiger partial charge in [-0.25, -0.2) is 4.79 Å². The number of benzene rings is 1. The molecule has 2 N–H and O–H groups in total. The molecule has 19 heavy (non-hydrogen) atoms. The summed E-state index contributed by atoms with van der Waals surface area (Å²) in [5, 5.41) is 11.3. The predicted molar refractivity (Wildman–Crippen MR) is 63.3 cm³/mol. The number of methoxy groups -OCH3 is 1. The second-order valence-electron chi connectivity index (χ2n) is 3.84. The summed E-state index contributed by atoms with van der Waals surface area (Å²) in [6, 6.07) is 4.74. The van der Waals surface area contributed by atoms with E-state index in [0.29, 0.717) is 17.1 Å². The molecular weight excluding hydrogens is 254 g/mol. The maximum absolute atomic E-state index is 11.8. The monoisotopic (exact) mass is 267 g/mol. The van der Waals surface area contributed by atoms with Crippen LogP contribution < -0.4 is 14.8 Å². The van der Waals surface area contributed by atoms with Gasteiger partial charge in [-0.1, -0.05) is 0 Å². The van der Waals surface area contributed by atoms with Gasteiger partial charge >= 0.3 is 5.97 Å². The quantitative estimate of drug-likeness (QED) is 0.794. The topological polar surface area (TPSA) is 94.1 Å². The van der Waals surface area contributed by atoms with Crippen LogP contribution in [0.15, 0.2) is 18.2 Å². The molecule has 1 unspecified atom stereocenters. The van der Waals surface area contributed by atoms with Crippen molar-refractivity contribution in [3.05, 3.63) is 23.8 Å². The molecule has 0 fully saturated rings. The normalized spacial score (nSPS) is 13.9. The summed E-state index contributed by atoms with van der Waals surface area (Å²) in [5.74, 6) is -0.457. The second kappa shape index (κ2) is 5.57. The van der Waals surface area contributed by atoms with Crippen molar-refractivity contribution in [2.24, 2.45) is 0 Å². The van der Waals surface area contributed by atoms with Crippen LogP contribution in [-0.2, 0) is 9.53 Å². The Hall–Kier alpha value is -2.28. The summed E-state index contributed by atoms with van der Waals surface area (Å²) in [6.45, 7) is 0.0181. The minimum Gasteiger partial charge on any atom is -0.479 e. The van der Waals surface area contributed by atoms with Crippen LogP contribution in [-0.4, -0.2) is 43.5 Å². The molecule has 1 amide bonds. The van der Waals surface area contributed by atoms with Gasteiger partial charge in [0.15, 0.2) is 17.6 Å². The van der Waals surface area contributed by atoms with Crippen LogP contribution in [0, 0.1) is 0 Å². The van der Waals surface area contributed by atoms with Crippen LogP contribution in [0.1, 0.15) is 10.4 Å². The van der Waals surface area contributed by atoms with E-state index in [1.54, 1.807) is 18.2 Å². The summed E-state index contributed by atoms with van der Waals surface area (Å²) in [5.41, 5.74) is 0.365. The van der Waals surface area contributed by atoms with Gasteiger partial charge in [-0.3, -0.25) is 4.79 Å². The first kappa shape index (κ1) is 13.2. The molecule has 1 aromatic carbocycles. The van der Waals surface area contributed by atoms with Crippen molar-refractivity contribution in [3.8, 4) is 11.5 Å². The lowest BCUT2D eigenvalue weighted by atomic mass is 10.2. The SMILES string of the molecule is COC(CNC(=O)c1ccc2c(c1)OCO2)C(=O)O. The number of carbonyl (C=O) groups excluding carboxylic acids is 1. The van der Waals surface area contributed by atoms with Gasteiger partial charge in [-0.05, 0) is 18.2 Å². The number of fused-ring (bicyclic) bond motifs is 1. The van der Waals surface area contributed by atoms with Crippen LogP contribution in [0.3, 0.4) is 0 Å². The van der Waals surface area contributed by atoms with Crippen LogP contribution in [0.4, 0.5) is 0 Å². The van der Waals surface area contributed by atoms with Gasteiger partial charge in [0.25, 0.3) is 5.91 Å². The van der Waals surface area contributed by atoms with Crippen LogP contribution >= 0.6 is 0 Å². The first-order valence-corrected chi connectivity index (χ1v) is 5.55. The third-order valence-corrected chi connectivity index (χ3v) is 2.64. The lowest BCUT2D eigenvalue weighted by Gasteiger charge is -2.11. The van der Waals surface area contributed by atoms with Gasteiger partial charge in [0, 0.05) is 12.7 Å². The van der Waals surface area contributed by atoms with E-state index in [1.807, 2.05) is 0 Å². The van der Waals surface area contributed by atoms with Crippen LogP contribution in [0.25, 0.3) is 0 Å². The number of carboxylic acid groups (broad SMARTS) is 1. The number of carboxylic acids is 1. The third kappa shape index (κ3) is 2.94. The first-order valence-electron chi connectivity index (χ1n) is 5.55. The lowest BCUT2D eigenvalue weighted by molar-refractivity contribution is -0.148. The van der Waals surface area contributed by atoms with Crippen LogP contribution in [0.5, 0.6) is 11.5 Å².